The van der Waals surface area contributed by atoms with E-state index in [1.165, 1.54) is 36.4 Å². The molecular weight excluding hydrogens is 356 g/mol. The van der Waals surface area contributed by atoms with Crippen molar-refractivity contribution in [3.8, 4) is 0 Å². The Morgan fingerprint density at radius 1 is 0.889 bits per heavy atom. The minimum Gasteiger partial charge on any atom is -0.306 e. The lowest BCUT2D eigenvalue weighted by Gasteiger charge is -2.22. The molecule has 0 fully saturated rings. The summed E-state index contributed by atoms with van der Waals surface area (Å²) in [5.74, 6) is 0. The van der Waals surface area contributed by atoms with Crippen LogP contribution in [0.15, 0.2) is 53.4 Å². The smallest absolute Gasteiger partial charge is 0.264 e. The van der Waals surface area contributed by atoms with Crippen molar-refractivity contribution in [2.75, 3.05) is 17.9 Å². The highest BCUT2D eigenvalue weighted by Gasteiger charge is 2.34. The molecule has 1 heterocycles. The molecule has 0 bridgehead atoms. The fourth-order valence-corrected chi connectivity index (χ4v) is 5.24. The Balaban J connectivity index is 1.86. The van der Waals surface area contributed by atoms with Crippen molar-refractivity contribution in [2.45, 2.75) is 56.4 Å². The van der Waals surface area contributed by atoms with E-state index in [1.807, 2.05) is 36.4 Å². The van der Waals surface area contributed by atoms with E-state index in [1.54, 1.807) is 19.2 Å². The van der Waals surface area contributed by atoms with Gasteiger partial charge in [0.15, 0.2) is 0 Å². The molecule has 0 amide bonds. The first kappa shape index (κ1) is 19.9. The third-order valence-electron chi connectivity index (χ3n) is 5.33. The normalized spacial score (nSPS) is 17.9. The third-order valence-corrected chi connectivity index (χ3v) is 7.18. The molecule has 0 aliphatic carbocycles. The average molecular weight is 387 g/mol. The van der Waals surface area contributed by atoms with Gasteiger partial charge in [0.25, 0.3) is 10.0 Å². The second kappa shape index (κ2) is 8.89. The van der Waals surface area contributed by atoms with E-state index in [4.69, 9.17) is 0 Å². The molecule has 27 heavy (non-hydrogen) atoms. The number of unbranched alkanes of at least 4 members (excludes halogenated alkanes) is 5. The predicted octanol–water partition coefficient (Wildman–Crippen LogP) is 4.86. The first-order valence-electron chi connectivity index (χ1n) is 9.97. The van der Waals surface area contributed by atoms with Crippen molar-refractivity contribution in [3.05, 3.63) is 59.7 Å². The van der Waals surface area contributed by atoms with Gasteiger partial charge in [0, 0.05) is 7.05 Å². The molecule has 0 saturated heterocycles. The van der Waals surface area contributed by atoms with Crippen LogP contribution in [0.4, 0.5) is 5.69 Å². The molecule has 2 aromatic carbocycles. The SMILES string of the molecule is CCCCCCCCNC1c2ccccc2N(C)S(=O)(=O)c2ccccc21. The maximum Gasteiger partial charge on any atom is 0.264 e. The average Bonchev–Trinajstić information content (AvgIpc) is 2.75. The Kier molecular flexibility index (Phi) is 6.55. The maximum absolute atomic E-state index is 13.1. The molecule has 146 valence electrons. The summed E-state index contributed by atoms with van der Waals surface area (Å²) in [4.78, 5) is 0.393. The summed E-state index contributed by atoms with van der Waals surface area (Å²) in [5.41, 5.74) is 2.59. The van der Waals surface area contributed by atoms with Crippen LogP contribution >= 0.6 is 0 Å². The topological polar surface area (TPSA) is 49.4 Å². The summed E-state index contributed by atoms with van der Waals surface area (Å²) in [6.45, 7) is 3.11. The van der Waals surface area contributed by atoms with E-state index < -0.39 is 10.0 Å². The van der Waals surface area contributed by atoms with Gasteiger partial charge in [0.1, 0.15) is 0 Å². The van der Waals surface area contributed by atoms with E-state index in [9.17, 15) is 8.42 Å². The van der Waals surface area contributed by atoms with Crippen molar-refractivity contribution in [2.24, 2.45) is 0 Å². The lowest BCUT2D eigenvalue weighted by molar-refractivity contribution is 0.539. The molecule has 5 heteroatoms. The fraction of sp³-hybridized carbons (Fsp3) is 0.455. The van der Waals surface area contributed by atoms with E-state index in [2.05, 4.69) is 12.2 Å². The summed E-state index contributed by atoms with van der Waals surface area (Å²) < 4.78 is 27.6. The molecule has 0 aromatic heterocycles. The van der Waals surface area contributed by atoms with E-state index in [0.717, 1.165) is 29.8 Å². The maximum atomic E-state index is 13.1. The van der Waals surface area contributed by atoms with Crippen LogP contribution in [0.5, 0.6) is 0 Å². The zero-order chi connectivity index (χ0) is 19.3. The van der Waals surface area contributed by atoms with Crippen LogP contribution in [-0.4, -0.2) is 22.0 Å². The number of hydrogen-bond donors (Lipinski definition) is 1. The number of hydrogen-bond acceptors (Lipinski definition) is 3. The Hall–Kier alpha value is -1.85. The Morgan fingerprint density at radius 2 is 1.52 bits per heavy atom. The van der Waals surface area contributed by atoms with Crippen LogP contribution in [0.2, 0.25) is 0 Å². The first-order valence-corrected chi connectivity index (χ1v) is 11.4. The van der Waals surface area contributed by atoms with Gasteiger partial charge in [-0.25, -0.2) is 8.42 Å². The molecule has 1 unspecified atom stereocenters. The lowest BCUT2D eigenvalue weighted by Crippen LogP contribution is -2.26. The van der Waals surface area contributed by atoms with Crippen LogP contribution in [0, 0.1) is 0 Å². The molecule has 1 aliphatic heterocycles. The molecule has 1 N–H and O–H groups in total. The van der Waals surface area contributed by atoms with Gasteiger partial charge >= 0.3 is 0 Å². The number of para-hydroxylation sites is 1. The summed E-state index contributed by atoms with van der Waals surface area (Å²) in [7, 11) is -1.92. The van der Waals surface area contributed by atoms with Crippen LogP contribution in [-0.2, 0) is 10.0 Å². The van der Waals surface area contributed by atoms with Crippen LogP contribution in [0.25, 0.3) is 0 Å². The molecule has 1 aliphatic rings. The first-order chi connectivity index (χ1) is 13.1. The van der Waals surface area contributed by atoms with Crippen molar-refractivity contribution in [1.82, 2.24) is 5.32 Å². The Labute approximate surface area is 163 Å². The minimum atomic E-state index is -3.56. The molecule has 2 aromatic rings. The summed E-state index contributed by atoms with van der Waals surface area (Å²) in [6, 6.07) is 15.0. The van der Waals surface area contributed by atoms with Gasteiger partial charge in [-0.3, -0.25) is 4.31 Å². The van der Waals surface area contributed by atoms with E-state index in [-0.39, 0.29) is 6.04 Å². The number of fused-ring (bicyclic) bond motifs is 2. The predicted molar refractivity (Wildman–Crippen MR) is 112 cm³/mol. The quantitative estimate of drug-likeness (QED) is 0.659. The highest BCUT2D eigenvalue weighted by molar-refractivity contribution is 7.92. The number of sulfonamides is 1. The number of nitrogens with one attached hydrogen (secondary N) is 1. The van der Waals surface area contributed by atoms with Crippen molar-refractivity contribution in [3.63, 3.8) is 0 Å². The molecule has 0 saturated carbocycles. The lowest BCUT2D eigenvalue weighted by atomic mass is 9.96. The van der Waals surface area contributed by atoms with Crippen LogP contribution in [0.1, 0.15) is 62.6 Å². The van der Waals surface area contributed by atoms with Gasteiger partial charge in [-0.2, -0.15) is 0 Å². The van der Waals surface area contributed by atoms with Gasteiger partial charge in [0.05, 0.1) is 16.6 Å². The van der Waals surface area contributed by atoms with E-state index >= 15 is 0 Å². The molecule has 4 nitrogen and oxygen atoms in total. The Bertz CT molecular complexity index is 864. The molecule has 0 spiro atoms. The van der Waals surface area contributed by atoms with Crippen LogP contribution < -0.4 is 9.62 Å². The summed E-state index contributed by atoms with van der Waals surface area (Å²) >= 11 is 0. The Morgan fingerprint density at radius 3 is 2.30 bits per heavy atom. The molecule has 3 rings (SSSR count). The molecule has 0 radical (unpaired) electrons. The second-order valence-corrected chi connectivity index (χ2v) is 9.16. The standard InChI is InChI=1S/C22H30N2O2S/c1-3-4-5-6-7-12-17-23-22-18-13-8-10-15-20(18)24(2)27(25,26)21-16-11-9-14-19(21)22/h8-11,13-16,22-23H,3-7,12,17H2,1-2H3. The summed E-state index contributed by atoms with van der Waals surface area (Å²) in [6.07, 6.45) is 7.45. The van der Waals surface area contributed by atoms with E-state index in [0.29, 0.717) is 4.90 Å². The van der Waals surface area contributed by atoms with Gasteiger partial charge in [-0.1, -0.05) is 75.4 Å². The van der Waals surface area contributed by atoms with Crippen molar-refractivity contribution in [1.29, 1.82) is 0 Å². The highest BCUT2D eigenvalue weighted by Crippen LogP contribution is 2.39. The fourth-order valence-electron chi connectivity index (χ4n) is 3.79. The second-order valence-electron chi connectivity index (χ2n) is 7.22. The van der Waals surface area contributed by atoms with Gasteiger partial charge < -0.3 is 5.32 Å². The summed E-state index contributed by atoms with van der Waals surface area (Å²) in [5, 5.41) is 3.63. The number of rotatable bonds is 8. The molecular formula is C22H30N2O2S. The number of anilines is 1. The highest BCUT2D eigenvalue weighted by atomic mass is 32.2. The third kappa shape index (κ3) is 4.19. The van der Waals surface area contributed by atoms with Gasteiger partial charge in [-0.15, -0.1) is 0 Å². The van der Waals surface area contributed by atoms with Crippen molar-refractivity contribution < 1.29 is 8.42 Å². The molecule has 1 atom stereocenters. The monoisotopic (exact) mass is 386 g/mol. The van der Waals surface area contributed by atoms with Crippen LogP contribution in [0.3, 0.4) is 0 Å². The zero-order valence-electron chi connectivity index (χ0n) is 16.3. The van der Waals surface area contributed by atoms with Gasteiger partial charge in [0.2, 0.25) is 0 Å². The van der Waals surface area contributed by atoms with Crippen molar-refractivity contribution >= 4 is 15.7 Å². The van der Waals surface area contributed by atoms with Gasteiger partial charge in [-0.05, 0) is 36.2 Å². The number of benzene rings is 2. The number of nitrogens with zero attached hydrogens (tertiary/aromatic N) is 1. The zero-order valence-corrected chi connectivity index (χ0v) is 17.1. The largest absolute Gasteiger partial charge is 0.306 e. The minimum absolute atomic E-state index is 0.118.